The highest BCUT2D eigenvalue weighted by atomic mass is 35.5. The van der Waals surface area contributed by atoms with Crippen molar-refractivity contribution in [3.05, 3.63) is 29.0 Å². The van der Waals surface area contributed by atoms with Crippen molar-refractivity contribution in [2.24, 2.45) is 11.8 Å². The monoisotopic (exact) mass is 424 g/mol. The van der Waals surface area contributed by atoms with Crippen LogP contribution in [0.3, 0.4) is 0 Å². The Kier molecular flexibility index (Phi) is 6.22. The first-order valence-corrected chi connectivity index (χ1v) is 10.5. The molecule has 158 valence electrons. The molecule has 0 spiro atoms. The number of hydrogen-bond acceptors (Lipinski definition) is 5. The molecule has 1 aliphatic heterocycles. The summed E-state index contributed by atoms with van der Waals surface area (Å²) in [6.07, 6.45) is 2.74. The maximum absolute atomic E-state index is 13.5. The fraction of sp³-hybridized carbons (Fsp3) is 0.600. The Morgan fingerprint density at radius 1 is 1.14 bits per heavy atom. The molecule has 1 aromatic rings. The van der Waals surface area contributed by atoms with Crippen LogP contribution in [0.15, 0.2) is 18.2 Å². The largest absolute Gasteiger partial charge is 0.484 e. The van der Waals surface area contributed by atoms with E-state index in [1.54, 1.807) is 0 Å². The van der Waals surface area contributed by atoms with E-state index < -0.39 is 5.82 Å². The molecule has 0 aromatic heterocycles. The predicted octanol–water partition coefficient (Wildman–Crippen LogP) is 0.819. The van der Waals surface area contributed by atoms with Gasteiger partial charge in [-0.2, -0.15) is 0 Å². The average Bonchev–Trinajstić information content (AvgIpc) is 2.68. The smallest absolute Gasteiger partial charge is 0.258 e. The topological polar surface area (TPSA) is 91.5 Å². The van der Waals surface area contributed by atoms with Crippen molar-refractivity contribution in [3.63, 3.8) is 0 Å². The lowest BCUT2D eigenvalue weighted by atomic mass is 9.60. The minimum atomic E-state index is -0.585. The fourth-order valence-electron chi connectivity index (χ4n) is 4.46. The Labute approximate surface area is 174 Å². The van der Waals surface area contributed by atoms with Gasteiger partial charge in [-0.25, -0.2) is 4.39 Å². The molecular formula is C20H26ClFN4O3. The van der Waals surface area contributed by atoms with E-state index in [1.807, 2.05) is 0 Å². The van der Waals surface area contributed by atoms with Gasteiger partial charge in [-0.15, -0.1) is 0 Å². The molecule has 9 heteroatoms. The quantitative estimate of drug-likeness (QED) is 0.542. The Bertz CT molecular complexity index is 768. The number of amides is 2. The summed E-state index contributed by atoms with van der Waals surface area (Å²) in [5.74, 6) is 0.373. The van der Waals surface area contributed by atoms with E-state index >= 15 is 0 Å². The average molecular weight is 425 g/mol. The molecule has 4 fully saturated rings. The normalized spacial score (nSPS) is 30.8. The zero-order valence-corrected chi connectivity index (χ0v) is 16.8. The van der Waals surface area contributed by atoms with Gasteiger partial charge in [0, 0.05) is 37.8 Å². The van der Waals surface area contributed by atoms with Crippen LogP contribution < -0.4 is 26.0 Å². The summed E-state index contributed by atoms with van der Waals surface area (Å²) in [6.45, 7) is 2.10. The minimum Gasteiger partial charge on any atom is -0.484 e. The molecule has 7 nitrogen and oxygen atoms in total. The molecule has 1 aromatic carbocycles. The van der Waals surface area contributed by atoms with E-state index in [-0.39, 0.29) is 47.3 Å². The van der Waals surface area contributed by atoms with E-state index in [1.165, 1.54) is 12.1 Å². The summed E-state index contributed by atoms with van der Waals surface area (Å²) in [7, 11) is 0. The van der Waals surface area contributed by atoms with Crippen LogP contribution in [0.5, 0.6) is 5.75 Å². The van der Waals surface area contributed by atoms with E-state index in [0.29, 0.717) is 18.4 Å². The molecule has 2 bridgehead atoms. The first kappa shape index (κ1) is 20.4. The van der Waals surface area contributed by atoms with Crippen LogP contribution in [-0.4, -0.2) is 56.2 Å². The maximum Gasteiger partial charge on any atom is 0.258 e. The van der Waals surface area contributed by atoms with Crippen LogP contribution in [0.1, 0.15) is 19.3 Å². The zero-order valence-electron chi connectivity index (χ0n) is 16.0. The first-order chi connectivity index (χ1) is 14.0. The van der Waals surface area contributed by atoms with Gasteiger partial charge in [-0.1, -0.05) is 11.6 Å². The van der Waals surface area contributed by atoms with Crippen molar-refractivity contribution in [1.29, 1.82) is 0 Å². The second-order valence-corrected chi connectivity index (χ2v) is 8.50. The number of halogens is 2. The van der Waals surface area contributed by atoms with Crippen molar-refractivity contribution in [2.45, 2.75) is 37.4 Å². The highest BCUT2D eigenvalue weighted by Gasteiger charge is 2.47. The third-order valence-corrected chi connectivity index (χ3v) is 6.46. The molecule has 3 saturated carbocycles. The second kappa shape index (κ2) is 8.85. The Morgan fingerprint density at radius 3 is 2.59 bits per heavy atom. The number of hydrogen-bond donors (Lipinski definition) is 4. The molecule has 4 N–H and O–H groups in total. The number of piperazine rings is 1. The molecule has 3 aliphatic carbocycles. The Balaban J connectivity index is 1.25. The summed E-state index contributed by atoms with van der Waals surface area (Å²) in [4.78, 5) is 24.8. The van der Waals surface area contributed by atoms with Crippen molar-refractivity contribution in [2.75, 3.05) is 26.2 Å². The van der Waals surface area contributed by atoms with Crippen LogP contribution in [0.4, 0.5) is 4.39 Å². The van der Waals surface area contributed by atoms with E-state index in [9.17, 15) is 14.0 Å². The third kappa shape index (κ3) is 4.82. The second-order valence-electron chi connectivity index (χ2n) is 8.09. The van der Waals surface area contributed by atoms with Crippen molar-refractivity contribution in [1.82, 2.24) is 21.3 Å². The Morgan fingerprint density at radius 2 is 1.90 bits per heavy atom. The summed E-state index contributed by atoms with van der Waals surface area (Å²) in [5.41, 5.74) is 0. The molecule has 1 unspecified atom stereocenters. The molecular weight excluding hydrogens is 399 g/mol. The lowest BCUT2D eigenvalue weighted by molar-refractivity contribution is -0.127. The van der Waals surface area contributed by atoms with Crippen LogP contribution in [-0.2, 0) is 9.59 Å². The predicted molar refractivity (Wildman–Crippen MR) is 106 cm³/mol. The van der Waals surface area contributed by atoms with Gasteiger partial charge in [0.05, 0.1) is 11.1 Å². The maximum atomic E-state index is 13.5. The number of rotatable bonds is 6. The molecule has 3 atom stereocenters. The highest BCUT2D eigenvalue weighted by Crippen LogP contribution is 2.45. The highest BCUT2D eigenvalue weighted by molar-refractivity contribution is 6.30. The number of carbonyl (C=O) groups is 2. The van der Waals surface area contributed by atoms with Crippen LogP contribution >= 0.6 is 11.6 Å². The van der Waals surface area contributed by atoms with Crippen molar-refractivity contribution < 1.29 is 18.7 Å². The van der Waals surface area contributed by atoms with Gasteiger partial charge >= 0.3 is 0 Å². The summed E-state index contributed by atoms with van der Waals surface area (Å²) in [6, 6.07) is 3.96. The lowest BCUT2D eigenvalue weighted by Gasteiger charge is -2.51. The van der Waals surface area contributed by atoms with E-state index in [2.05, 4.69) is 21.3 Å². The van der Waals surface area contributed by atoms with Gasteiger partial charge in [0.2, 0.25) is 5.91 Å². The number of fused-ring (bicyclic) bond motifs is 2. The molecule has 1 saturated heterocycles. The molecule has 4 aliphatic rings. The molecule has 1 heterocycles. The molecule has 2 amide bonds. The van der Waals surface area contributed by atoms with Crippen LogP contribution in [0, 0.1) is 17.7 Å². The number of benzene rings is 1. The number of ether oxygens (including phenoxy) is 1. The van der Waals surface area contributed by atoms with Gasteiger partial charge < -0.3 is 26.0 Å². The lowest BCUT2D eigenvalue weighted by Crippen LogP contribution is -2.63. The van der Waals surface area contributed by atoms with E-state index in [0.717, 1.165) is 38.4 Å². The van der Waals surface area contributed by atoms with Gasteiger partial charge in [0.15, 0.2) is 6.61 Å². The van der Waals surface area contributed by atoms with Crippen molar-refractivity contribution in [3.8, 4) is 5.75 Å². The SMILES string of the molecule is O=C(COc1ccc(Cl)c(F)c1)N[C@@H]1C[C@H](NC(=O)C2CNCCN2)C2CC1C2. The standard InChI is InChI=1S/C20H26ClFN4O3/c21-14-2-1-13(7-15(14)22)29-10-19(27)25-16-8-17(12-5-11(16)6-12)26-20(28)18-9-23-3-4-24-18/h1-2,7,11-12,16-18,23-24H,3-6,8-10H2,(H,25,27)(H,26,28)/t11?,12?,16-,17+,18?/m1/s1. The first-order valence-electron chi connectivity index (χ1n) is 10.1. The zero-order chi connectivity index (χ0) is 20.4. The summed E-state index contributed by atoms with van der Waals surface area (Å²) >= 11 is 5.64. The fourth-order valence-corrected chi connectivity index (χ4v) is 4.58. The van der Waals surface area contributed by atoms with Gasteiger partial charge in [-0.05, 0) is 43.2 Å². The van der Waals surface area contributed by atoms with Gasteiger partial charge in [0.1, 0.15) is 11.6 Å². The van der Waals surface area contributed by atoms with Gasteiger partial charge in [-0.3, -0.25) is 9.59 Å². The third-order valence-electron chi connectivity index (χ3n) is 6.15. The Hall–Kier alpha value is -1.90. The van der Waals surface area contributed by atoms with Crippen LogP contribution in [0.25, 0.3) is 0 Å². The van der Waals surface area contributed by atoms with Crippen molar-refractivity contribution >= 4 is 23.4 Å². The summed E-state index contributed by atoms with van der Waals surface area (Å²) < 4.78 is 18.8. The van der Waals surface area contributed by atoms with Crippen LogP contribution in [0.2, 0.25) is 5.02 Å². The molecule has 29 heavy (non-hydrogen) atoms. The van der Waals surface area contributed by atoms with Gasteiger partial charge in [0.25, 0.3) is 5.91 Å². The molecule has 0 radical (unpaired) electrons. The number of nitrogens with one attached hydrogen (secondary N) is 4. The molecule has 5 rings (SSSR count). The minimum absolute atomic E-state index is 0.0100. The van der Waals surface area contributed by atoms with E-state index in [4.69, 9.17) is 16.3 Å². The summed E-state index contributed by atoms with van der Waals surface area (Å²) in [5, 5.41) is 12.6. The number of carbonyl (C=O) groups excluding carboxylic acids is 2.